The zero-order chi connectivity index (χ0) is 11.3. The van der Waals surface area contributed by atoms with Crippen molar-refractivity contribution in [3.8, 4) is 11.8 Å². The van der Waals surface area contributed by atoms with Crippen molar-refractivity contribution in [2.45, 2.75) is 6.42 Å². The van der Waals surface area contributed by atoms with Crippen molar-refractivity contribution in [1.82, 2.24) is 4.90 Å². The molecule has 0 radical (unpaired) electrons. The number of nitrogens with zero attached hydrogens (tertiary/aromatic N) is 2. The highest BCUT2D eigenvalue weighted by Gasteiger charge is 2.03. The van der Waals surface area contributed by atoms with Crippen LogP contribution in [0.1, 0.15) is 11.1 Å². The van der Waals surface area contributed by atoms with Crippen LogP contribution in [0.15, 0.2) is 18.2 Å². The number of benzene rings is 1. The fraction of sp³-hybridized carbons (Fsp3) is 0.417. The van der Waals surface area contributed by atoms with Crippen LogP contribution in [0.2, 0.25) is 0 Å². The molecule has 0 N–H and O–H groups in total. The minimum Gasteiger partial charge on any atom is -0.495 e. The summed E-state index contributed by atoms with van der Waals surface area (Å²) in [5.41, 5.74) is 1.77. The van der Waals surface area contributed by atoms with Gasteiger partial charge in [0.05, 0.1) is 12.7 Å². The van der Waals surface area contributed by atoms with E-state index < -0.39 is 0 Å². The van der Waals surface area contributed by atoms with Gasteiger partial charge in [0, 0.05) is 6.54 Å². The van der Waals surface area contributed by atoms with Crippen molar-refractivity contribution < 1.29 is 4.74 Å². The molecule has 0 aliphatic carbocycles. The van der Waals surface area contributed by atoms with Gasteiger partial charge in [0.2, 0.25) is 0 Å². The fourth-order valence-electron chi connectivity index (χ4n) is 1.35. The van der Waals surface area contributed by atoms with Gasteiger partial charge in [0.15, 0.2) is 0 Å². The third kappa shape index (κ3) is 3.26. The van der Waals surface area contributed by atoms with Crippen LogP contribution in [0.4, 0.5) is 0 Å². The second-order valence-electron chi connectivity index (χ2n) is 3.70. The average molecular weight is 204 g/mol. The van der Waals surface area contributed by atoms with Gasteiger partial charge in [-0.15, -0.1) is 0 Å². The molecule has 15 heavy (non-hydrogen) atoms. The molecule has 0 unspecified atom stereocenters. The first kappa shape index (κ1) is 11.5. The van der Waals surface area contributed by atoms with Gasteiger partial charge in [-0.05, 0) is 38.2 Å². The Morgan fingerprint density at radius 3 is 2.67 bits per heavy atom. The lowest BCUT2D eigenvalue weighted by molar-refractivity contribution is 0.409. The molecule has 3 heteroatoms. The fourth-order valence-corrected chi connectivity index (χ4v) is 1.35. The molecule has 0 aliphatic heterocycles. The number of ether oxygens (including phenoxy) is 1. The van der Waals surface area contributed by atoms with Crippen LogP contribution in [0.5, 0.6) is 5.75 Å². The number of methoxy groups -OCH3 is 1. The molecule has 0 atom stereocenters. The molecular formula is C12H16N2O. The summed E-state index contributed by atoms with van der Waals surface area (Å²) in [6, 6.07) is 7.88. The Balaban J connectivity index is 2.80. The molecule has 0 saturated heterocycles. The SMILES string of the molecule is COc1ccc(CCN(C)C)cc1C#N. The maximum Gasteiger partial charge on any atom is 0.136 e. The van der Waals surface area contributed by atoms with Gasteiger partial charge in [-0.2, -0.15) is 5.26 Å². The predicted molar refractivity (Wildman–Crippen MR) is 60.0 cm³/mol. The molecule has 0 fully saturated rings. The average Bonchev–Trinajstić information content (AvgIpc) is 2.25. The Labute approximate surface area is 90.9 Å². The third-order valence-corrected chi connectivity index (χ3v) is 2.23. The zero-order valence-corrected chi connectivity index (χ0v) is 9.45. The number of hydrogen-bond acceptors (Lipinski definition) is 3. The summed E-state index contributed by atoms with van der Waals surface area (Å²) in [5, 5.41) is 8.91. The van der Waals surface area contributed by atoms with Crippen LogP contribution in [0.3, 0.4) is 0 Å². The summed E-state index contributed by atoms with van der Waals surface area (Å²) < 4.78 is 5.08. The van der Waals surface area contributed by atoms with Gasteiger partial charge in [-0.1, -0.05) is 6.07 Å². The van der Waals surface area contributed by atoms with Crippen LogP contribution < -0.4 is 4.74 Å². The summed E-state index contributed by atoms with van der Waals surface area (Å²) in [5.74, 6) is 0.645. The molecule has 3 nitrogen and oxygen atoms in total. The highest BCUT2D eigenvalue weighted by Crippen LogP contribution is 2.18. The van der Waals surface area contributed by atoms with Crippen molar-refractivity contribution in [3.05, 3.63) is 29.3 Å². The Morgan fingerprint density at radius 2 is 2.13 bits per heavy atom. The minimum absolute atomic E-state index is 0.605. The molecule has 0 bridgehead atoms. The molecule has 1 aromatic carbocycles. The van der Waals surface area contributed by atoms with Crippen LogP contribution in [0.25, 0.3) is 0 Å². The summed E-state index contributed by atoms with van der Waals surface area (Å²) in [7, 11) is 5.65. The first-order valence-corrected chi connectivity index (χ1v) is 4.89. The molecule has 0 saturated carbocycles. The van der Waals surface area contributed by atoms with Crippen molar-refractivity contribution in [2.75, 3.05) is 27.7 Å². The number of rotatable bonds is 4. The molecule has 0 spiro atoms. The maximum atomic E-state index is 8.91. The minimum atomic E-state index is 0.605. The van der Waals surface area contributed by atoms with Gasteiger partial charge in [-0.3, -0.25) is 0 Å². The molecule has 80 valence electrons. The van der Waals surface area contributed by atoms with E-state index in [0.717, 1.165) is 13.0 Å². The van der Waals surface area contributed by atoms with Gasteiger partial charge in [0.25, 0.3) is 0 Å². The number of likely N-dealkylation sites (N-methyl/N-ethyl adjacent to an activating group) is 1. The van der Waals surface area contributed by atoms with E-state index in [1.807, 2.05) is 32.3 Å². The van der Waals surface area contributed by atoms with E-state index >= 15 is 0 Å². The summed E-state index contributed by atoms with van der Waals surface area (Å²) in [4.78, 5) is 2.12. The normalized spacial score (nSPS) is 10.1. The van der Waals surface area contributed by atoms with E-state index in [0.29, 0.717) is 11.3 Å². The standard InChI is InChI=1S/C12H16N2O/c1-14(2)7-6-10-4-5-12(15-3)11(8-10)9-13/h4-5,8H,6-7H2,1-3H3. The third-order valence-electron chi connectivity index (χ3n) is 2.23. The van der Waals surface area contributed by atoms with E-state index in [9.17, 15) is 0 Å². The van der Waals surface area contributed by atoms with E-state index in [2.05, 4.69) is 11.0 Å². The van der Waals surface area contributed by atoms with Crippen molar-refractivity contribution >= 4 is 0 Å². The van der Waals surface area contributed by atoms with Crippen LogP contribution >= 0.6 is 0 Å². The van der Waals surface area contributed by atoms with E-state index in [1.165, 1.54) is 5.56 Å². The molecule has 1 rings (SSSR count). The van der Waals surface area contributed by atoms with Gasteiger partial charge >= 0.3 is 0 Å². The first-order valence-electron chi connectivity index (χ1n) is 4.89. The largest absolute Gasteiger partial charge is 0.495 e. The second kappa shape index (κ2) is 5.38. The monoisotopic (exact) mass is 204 g/mol. The molecule has 0 aliphatic rings. The molecule has 0 heterocycles. The highest BCUT2D eigenvalue weighted by molar-refractivity contribution is 5.45. The highest BCUT2D eigenvalue weighted by atomic mass is 16.5. The van der Waals surface area contributed by atoms with Crippen LogP contribution in [-0.2, 0) is 6.42 Å². The van der Waals surface area contributed by atoms with Crippen LogP contribution in [-0.4, -0.2) is 32.6 Å². The Hall–Kier alpha value is -1.53. The van der Waals surface area contributed by atoms with E-state index in [1.54, 1.807) is 7.11 Å². The molecular weight excluding hydrogens is 188 g/mol. The number of hydrogen-bond donors (Lipinski definition) is 0. The topological polar surface area (TPSA) is 36.3 Å². The Bertz CT molecular complexity index is 366. The van der Waals surface area contributed by atoms with Gasteiger partial charge in [-0.25, -0.2) is 0 Å². The van der Waals surface area contributed by atoms with Crippen molar-refractivity contribution in [3.63, 3.8) is 0 Å². The summed E-state index contributed by atoms with van der Waals surface area (Å²) >= 11 is 0. The lowest BCUT2D eigenvalue weighted by Gasteiger charge is -2.10. The predicted octanol–water partition coefficient (Wildman–Crippen LogP) is 1.67. The van der Waals surface area contributed by atoms with E-state index in [4.69, 9.17) is 10.00 Å². The summed E-state index contributed by atoms with van der Waals surface area (Å²) in [6.07, 6.45) is 0.950. The second-order valence-corrected chi connectivity index (χ2v) is 3.70. The molecule has 1 aromatic rings. The zero-order valence-electron chi connectivity index (χ0n) is 9.45. The lowest BCUT2D eigenvalue weighted by atomic mass is 10.1. The Kier molecular flexibility index (Phi) is 4.14. The van der Waals surface area contributed by atoms with Gasteiger partial charge < -0.3 is 9.64 Å². The van der Waals surface area contributed by atoms with Crippen molar-refractivity contribution in [1.29, 1.82) is 5.26 Å². The van der Waals surface area contributed by atoms with Crippen LogP contribution in [0, 0.1) is 11.3 Å². The quantitative estimate of drug-likeness (QED) is 0.748. The van der Waals surface area contributed by atoms with E-state index in [-0.39, 0.29) is 0 Å². The Morgan fingerprint density at radius 1 is 1.40 bits per heavy atom. The van der Waals surface area contributed by atoms with Crippen molar-refractivity contribution in [2.24, 2.45) is 0 Å². The van der Waals surface area contributed by atoms with Gasteiger partial charge in [0.1, 0.15) is 11.8 Å². The maximum absolute atomic E-state index is 8.91. The lowest BCUT2D eigenvalue weighted by Crippen LogP contribution is -2.15. The summed E-state index contributed by atoms with van der Waals surface area (Å²) in [6.45, 7) is 0.983. The molecule has 0 aromatic heterocycles. The number of nitriles is 1. The smallest absolute Gasteiger partial charge is 0.136 e. The first-order chi connectivity index (χ1) is 7.17. The molecule has 0 amide bonds.